The van der Waals surface area contributed by atoms with Crippen LogP contribution >= 0.6 is 0 Å². The molecule has 0 radical (unpaired) electrons. The second kappa shape index (κ2) is 6.25. The van der Waals surface area contributed by atoms with Gasteiger partial charge in [-0.3, -0.25) is 0 Å². The van der Waals surface area contributed by atoms with E-state index in [1.54, 1.807) is 12.1 Å². The molecule has 1 aromatic carbocycles. The molecule has 4 heteroatoms. The molecule has 0 saturated heterocycles. The third kappa shape index (κ3) is 3.64. The SMILES string of the molecule is COC(COC(=O)c1cccc(C)c1)OC. The van der Waals surface area contributed by atoms with E-state index < -0.39 is 6.29 Å². The zero-order chi connectivity index (χ0) is 12.0. The summed E-state index contributed by atoms with van der Waals surface area (Å²) in [5, 5.41) is 0. The van der Waals surface area contributed by atoms with E-state index in [0.717, 1.165) is 5.56 Å². The minimum absolute atomic E-state index is 0.0831. The summed E-state index contributed by atoms with van der Waals surface area (Å²) in [6.07, 6.45) is -0.520. The molecule has 0 amide bonds. The fraction of sp³-hybridized carbons (Fsp3) is 0.417. The van der Waals surface area contributed by atoms with E-state index in [4.69, 9.17) is 14.2 Å². The van der Waals surface area contributed by atoms with Crippen molar-refractivity contribution in [3.8, 4) is 0 Å². The highest BCUT2D eigenvalue weighted by Gasteiger charge is 2.11. The number of carbonyl (C=O) groups excluding carboxylic acids is 1. The molecule has 0 atom stereocenters. The molecule has 1 aromatic rings. The first-order chi connectivity index (χ1) is 7.67. The Labute approximate surface area is 95.1 Å². The van der Waals surface area contributed by atoms with Crippen LogP contribution in [0.5, 0.6) is 0 Å². The summed E-state index contributed by atoms with van der Waals surface area (Å²) in [5.41, 5.74) is 1.55. The number of hydrogen-bond donors (Lipinski definition) is 0. The maximum Gasteiger partial charge on any atom is 0.338 e. The first-order valence-corrected chi connectivity index (χ1v) is 4.96. The molecule has 4 nitrogen and oxygen atoms in total. The van der Waals surface area contributed by atoms with Crippen LogP contribution < -0.4 is 0 Å². The zero-order valence-electron chi connectivity index (χ0n) is 9.73. The van der Waals surface area contributed by atoms with E-state index in [-0.39, 0.29) is 12.6 Å². The van der Waals surface area contributed by atoms with E-state index in [0.29, 0.717) is 5.56 Å². The molecule has 0 unspecified atom stereocenters. The first kappa shape index (κ1) is 12.7. The van der Waals surface area contributed by atoms with Crippen molar-refractivity contribution in [2.75, 3.05) is 20.8 Å². The number of rotatable bonds is 5. The van der Waals surface area contributed by atoms with Gasteiger partial charge in [-0.05, 0) is 19.1 Å². The van der Waals surface area contributed by atoms with E-state index in [2.05, 4.69) is 0 Å². The van der Waals surface area contributed by atoms with Gasteiger partial charge in [-0.2, -0.15) is 0 Å². The number of aryl methyl sites for hydroxylation is 1. The molecule has 0 aliphatic rings. The number of benzene rings is 1. The van der Waals surface area contributed by atoms with Crippen LogP contribution in [-0.2, 0) is 14.2 Å². The monoisotopic (exact) mass is 224 g/mol. The van der Waals surface area contributed by atoms with Crippen LogP contribution in [0.2, 0.25) is 0 Å². The van der Waals surface area contributed by atoms with Crippen molar-refractivity contribution in [3.63, 3.8) is 0 Å². The number of esters is 1. The lowest BCUT2D eigenvalue weighted by atomic mass is 10.1. The Kier molecular flexibility index (Phi) is 4.95. The molecular weight excluding hydrogens is 208 g/mol. The van der Waals surface area contributed by atoms with E-state index >= 15 is 0 Å². The maximum atomic E-state index is 11.6. The molecule has 0 N–H and O–H groups in total. The van der Waals surface area contributed by atoms with Crippen LogP contribution in [-0.4, -0.2) is 33.1 Å². The van der Waals surface area contributed by atoms with Gasteiger partial charge in [0, 0.05) is 14.2 Å². The number of methoxy groups -OCH3 is 2. The summed E-state index contributed by atoms with van der Waals surface area (Å²) in [5.74, 6) is -0.372. The molecule has 0 saturated carbocycles. The highest BCUT2D eigenvalue weighted by Crippen LogP contribution is 2.06. The molecule has 0 aromatic heterocycles. The van der Waals surface area contributed by atoms with Crippen molar-refractivity contribution < 1.29 is 19.0 Å². The minimum Gasteiger partial charge on any atom is -0.457 e. The lowest BCUT2D eigenvalue weighted by Gasteiger charge is -2.13. The molecule has 16 heavy (non-hydrogen) atoms. The van der Waals surface area contributed by atoms with Gasteiger partial charge in [0.25, 0.3) is 0 Å². The lowest BCUT2D eigenvalue weighted by molar-refractivity contribution is -0.129. The van der Waals surface area contributed by atoms with Crippen molar-refractivity contribution >= 4 is 5.97 Å². The van der Waals surface area contributed by atoms with Gasteiger partial charge in [0.05, 0.1) is 5.56 Å². The van der Waals surface area contributed by atoms with Gasteiger partial charge in [0.15, 0.2) is 6.29 Å². The predicted octanol–water partition coefficient (Wildman–Crippen LogP) is 1.77. The summed E-state index contributed by atoms with van der Waals surface area (Å²) >= 11 is 0. The third-order valence-electron chi connectivity index (χ3n) is 2.13. The van der Waals surface area contributed by atoms with Gasteiger partial charge < -0.3 is 14.2 Å². The third-order valence-corrected chi connectivity index (χ3v) is 2.13. The summed E-state index contributed by atoms with van der Waals surface area (Å²) in [7, 11) is 2.99. The summed E-state index contributed by atoms with van der Waals surface area (Å²) in [4.78, 5) is 11.6. The standard InChI is InChI=1S/C12H16O4/c1-9-5-4-6-10(7-9)12(13)16-8-11(14-2)15-3/h4-7,11H,8H2,1-3H3. The first-order valence-electron chi connectivity index (χ1n) is 4.96. The van der Waals surface area contributed by atoms with E-state index in [1.807, 2.05) is 19.1 Å². The fourth-order valence-corrected chi connectivity index (χ4v) is 1.23. The lowest BCUT2D eigenvalue weighted by Crippen LogP contribution is -2.22. The normalized spacial score (nSPS) is 10.5. The second-order valence-electron chi connectivity index (χ2n) is 3.37. The van der Waals surface area contributed by atoms with Crippen LogP contribution in [0, 0.1) is 6.92 Å². The molecule has 0 aliphatic carbocycles. The quantitative estimate of drug-likeness (QED) is 0.565. The topological polar surface area (TPSA) is 44.8 Å². The maximum absolute atomic E-state index is 11.6. The second-order valence-corrected chi connectivity index (χ2v) is 3.37. The van der Waals surface area contributed by atoms with E-state index in [1.165, 1.54) is 14.2 Å². The van der Waals surface area contributed by atoms with Crippen LogP contribution in [0.4, 0.5) is 0 Å². The number of hydrogen-bond acceptors (Lipinski definition) is 4. The Hall–Kier alpha value is -1.39. The van der Waals surface area contributed by atoms with Crippen LogP contribution in [0.3, 0.4) is 0 Å². The van der Waals surface area contributed by atoms with Gasteiger partial charge in [0.1, 0.15) is 6.61 Å². The highest BCUT2D eigenvalue weighted by atomic mass is 16.7. The van der Waals surface area contributed by atoms with Gasteiger partial charge in [-0.15, -0.1) is 0 Å². The summed E-state index contributed by atoms with van der Waals surface area (Å²) in [6, 6.07) is 7.22. The van der Waals surface area contributed by atoms with Crippen molar-refractivity contribution in [1.29, 1.82) is 0 Å². The Morgan fingerprint density at radius 1 is 1.31 bits per heavy atom. The predicted molar refractivity (Wildman–Crippen MR) is 59.3 cm³/mol. The molecule has 1 rings (SSSR count). The van der Waals surface area contributed by atoms with Crippen molar-refractivity contribution in [1.82, 2.24) is 0 Å². The molecule has 88 valence electrons. The molecule has 0 aliphatic heterocycles. The summed E-state index contributed by atoms with van der Waals surface area (Å²) < 4.78 is 14.9. The van der Waals surface area contributed by atoms with Gasteiger partial charge in [-0.1, -0.05) is 17.7 Å². The Morgan fingerprint density at radius 2 is 2.00 bits per heavy atom. The number of carbonyl (C=O) groups is 1. The molecule has 0 bridgehead atoms. The van der Waals surface area contributed by atoms with Crippen molar-refractivity contribution in [2.45, 2.75) is 13.2 Å². The van der Waals surface area contributed by atoms with Crippen molar-refractivity contribution in [3.05, 3.63) is 35.4 Å². The Morgan fingerprint density at radius 3 is 2.56 bits per heavy atom. The highest BCUT2D eigenvalue weighted by molar-refractivity contribution is 5.89. The fourth-order valence-electron chi connectivity index (χ4n) is 1.23. The molecule has 0 fully saturated rings. The van der Waals surface area contributed by atoms with Crippen LogP contribution in [0.1, 0.15) is 15.9 Å². The summed E-state index contributed by atoms with van der Waals surface area (Å²) in [6.45, 7) is 2.00. The van der Waals surface area contributed by atoms with Gasteiger partial charge >= 0.3 is 5.97 Å². The average molecular weight is 224 g/mol. The Balaban J connectivity index is 2.52. The molecule has 0 heterocycles. The Bertz CT molecular complexity index is 345. The van der Waals surface area contributed by atoms with Gasteiger partial charge in [-0.25, -0.2) is 4.79 Å². The van der Waals surface area contributed by atoms with E-state index in [9.17, 15) is 4.79 Å². The molecular formula is C12H16O4. The average Bonchev–Trinajstić information content (AvgIpc) is 2.30. The largest absolute Gasteiger partial charge is 0.457 e. The van der Waals surface area contributed by atoms with Crippen LogP contribution in [0.15, 0.2) is 24.3 Å². The smallest absolute Gasteiger partial charge is 0.338 e. The van der Waals surface area contributed by atoms with Gasteiger partial charge in [0.2, 0.25) is 0 Å². The van der Waals surface area contributed by atoms with Crippen LogP contribution in [0.25, 0.3) is 0 Å². The minimum atomic E-state index is -0.520. The number of ether oxygens (including phenoxy) is 3. The van der Waals surface area contributed by atoms with Crippen molar-refractivity contribution in [2.24, 2.45) is 0 Å². The zero-order valence-corrected chi connectivity index (χ0v) is 9.73. The molecule has 0 spiro atoms.